The first-order chi connectivity index (χ1) is 13.1. The van der Waals surface area contributed by atoms with Crippen molar-refractivity contribution in [1.29, 1.82) is 0 Å². The minimum absolute atomic E-state index is 0.0733. The summed E-state index contributed by atoms with van der Waals surface area (Å²) < 4.78 is 16.2. The van der Waals surface area contributed by atoms with Crippen molar-refractivity contribution in [1.82, 2.24) is 14.5 Å². The number of nitrogens with zero attached hydrogens (tertiary/aromatic N) is 3. The molecule has 3 heterocycles. The molecule has 5 nitrogen and oxygen atoms in total. The quantitative estimate of drug-likeness (QED) is 0.776. The van der Waals surface area contributed by atoms with Gasteiger partial charge in [-0.3, -0.25) is 9.78 Å². The molecule has 1 N–H and O–H groups in total. The van der Waals surface area contributed by atoms with Gasteiger partial charge in [-0.1, -0.05) is 12.1 Å². The van der Waals surface area contributed by atoms with E-state index >= 15 is 0 Å². The molecule has 1 aliphatic heterocycles. The Morgan fingerprint density at radius 2 is 2.11 bits per heavy atom. The number of fused-ring (bicyclic) bond motifs is 3. The maximum absolute atomic E-state index is 14.3. The molecule has 1 atom stereocenters. The van der Waals surface area contributed by atoms with Crippen LogP contribution >= 0.6 is 0 Å². The van der Waals surface area contributed by atoms with Gasteiger partial charge in [0.25, 0.3) is 5.91 Å². The lowest BCUT2D eigenvalue weighted by Crippen LogP contribution is -2.50. The Morgan fingerprint density at radius 3 is 2.81 bits per heavy atom. The van der Waals surface area contributed by atoms with Crippen LogP contribution in [0.25, 0.3) is 22.2 Å². The Hall–Kier alpha value is -2.73. The van der Waals surface area contributed by atoms with Crippen molar-refractivity contribution in [3.63, 3.8) is 0 Å². The van der Waals surface area contributed by atoms with Crippen molar-refractivity contribution in [2.75, 3.05) is 6.61 Å². The van der Waals surface area contributed by atoms with E-state index in [0.717, 1.165) is 18.4 Å². The Labute approximate surface area is 156 Å². The Balaban J connectivity index is 1.80. The summed E-state index contributed by atoms with van der Waals surface area (Å²) in [7, 11) is 0. The minimum Gasteiger partial charge on any atom is -0.394 e. The van der Waals surface area contributed by atoms with Crippen LogP contribution in [0.2, 0.25) is 0 Å². The Kier molecular flexibility index (Phi) is 3.59. The molecule has 2 aromatic heterocycles. The summed E-state index contributed by atoms with van der Waals surface area (Å²) in [5.41, 5.74) is 3.97. The Morgan fingerprint density at radius 1 is 1.30 bits per heavy atom. The van der Waals surface area contributed by atoms with Gasteiger partial charge in [-0.15, -0.1) is 0 Å². The van der Waals surface area contributed by atoms with Crippen molar-refractivity contribution in [2.24, 2.45) is 0 Å². The second-order valence-electron chi connectivity index (χ2n) is 7.45. The molecule has 1 saturated carbocycles. The molecule has 0 saturated heterocycles. The number of hydrogen-bond acceptors (Lipinski definition) is 3. The number of aliphatic hydroxyl groups excluding tert-OH is 1. The van der Waals surface area contributed by atoms with Gasteiger partial charge in [0, 0.05) is 24.3 Å². The third kappa shape index (κ3) is 2.40. The fraction of sp³-hybridized carbons (Fsp3) is 0.333. The topological polar surface area (TPSA) is 58.4 Å². The molecule has 0 bridgehead atoms. The third-order valence-corrected chi connectivity index (χ3v) is 5.66. The van der Waals surface area contributed by atoms with E-state index in [2.05, 4.69) is 4.98 Å². The summed E-state index contributed by atoms with van der Waals surface area (Å²) in [5, 5.41) is 9.87. The zero-order chi connectivity index (χ0) is 18.7. The van der Waals surface area contributed by atoms with Gasteiger partial charge in [0.15, 0.2) is 0 Å². The maximum Gasteiger partial charge on any atom is 0.271 e. The SMILES string of the molecule is Cc1ccc(-c2c3n(c4cccnc24)C[C@H](CO)N(C2CC2)C3=O)cc1F. The number of amides is 1. The van der Waals surface area contributed by atoms with Crippen molar-refractivity contribution in [3.8, 4) is 11.1 Å². The zero-order valence-corrected chi connectivity index (χ0v) is 15.0. The standard InChI is InChI=1S/C21H20FN3O2/c1-12-4-5-13(9-16(12)22)18-19-17(3-2-8-23-19)24-10-15(11-26)25(14-6-7-14)21(27)20(18)24/h2-5,8-9,14-15,26H,6-7,10-11H2,1H3/t15-/m1/s1. The molecule has 3 aromatic rings. The van der Waals surface area contributed by atoms with E-state index in [9.17, 15) is 14.3 Å². The van der Waals surface area contributed by atoms with Gasteiger partial charge in [0.2, 0.25) is 0 Å². The van der Waals surface area contributed by atoms with Crippen molar-refractivity contribution >= 4 is 16.9 Å². The summed E-state index contributed by atoms with van der Waals surface area (Å²) >= 11 is 0. The molecule has 0 radical (unpaired) electrons. The molecule has 6 heteroatoms. The molecule has 0 unspecified atom stereocenters. The van der Waals surface area contributed by atoms with Gasteiger partial charge in [-0.25, -0.2) is 4.39 Å². The van der Waals surface area contributed by atoms with Gasteiger partial charge in [0.1, 0.15) is 11.5 Å². The summed E-state index contributed by atoms with van der Waals surface area (Å²) in [5.74, 6) is -0.399. The van der Waals surface area contributed by atoms with Gasteiger partial charge in [-0.05, 0) is 49.1 Å². The van der Waals surface area contributed by atoms with Crippen molar-refractivity contribution < 1.29 is 14.3 Å². The molecule has 1 fully saturated rings. The van der Waals surface area contributed by atoms with E-state index in [4.69, 9.17) is 0 Å². The highest BCUT2D eigenvalue weighted by molar-refractivity contribution is 6.09. The molecule has 27 heavy (non-hydrogen) atoms. The van der Waals surface area contributed by atoms with Crippen LogP contribution < -0.4 is 0 Å². The molecule has 2 aliphatic rings. The number of carbonyl (C=O) groups is 1. The first-order valence-electron chi connectivity index (χ1n) is 9.27. The summed E-state index contributed by atoms with van der Waals surface area (Å²) in [6.45, 7) is 2.16. The van der Waals surface area contributed by atoms with Gasteiger partial charge >= 0.3 is 0 Å². The highest BCUT2D eigenvalue weighted by Crippen LogP contribution is 2.40. The van der Waals surface area contributed by atoms with Crippen LogP contribution in [0.3, 0.4) is 0 Å². The van der Waals surface area contributed by atoms with E-state index in [-0.39, 0.29) is 30.4 Å². The van der Waals surface area contributed by atoms with E-state index in [1.165, 1.54) is 6.07 Å². The largest absolute Gasteiger partial charge is 0.394 e. The number of halogens is 1. The second-order valence-corrected chi connectivity index (χ2v) is 7.45. The number of pyridine rings is 1. The Bertz CT molecular complexity index is 1070. The highest BCUT2D eigenvalue weighted by atomic mass is 19.1. The molecule has 1 amide bonds. The van der Waals surface area contributed by atoms with Crippen LogP contribution in [0.5, 0.6) is 0 Å². The predicted octanol–water partition coefficient (Wildman–Crippen LogP) is 3.13. The number of rotatable bonds is 3. The number of aliphatic hydroxyl groups is 1. The predicted molar refractivity (Wildman–Crippen MR) is 99.9 cm³/mol. The lowest BCUT2D eigenvalue weighted by molar-refractivity contribution is 0.0466. The van der Waals surface area contributed by atoms with Crippen LogP contribution in [0.15, 0.2) is 36.5 Å². The molecular formula is C21H20FN3O2. The summed E-state index contributed by atoms with van der Waals surface area (Å²) in [6, 6.07) is 8.76. The van der Waals surface area contributed by atoms with Gasteiger partial charge < -0.3 is 14.6 Å². The molecule has 1 aromatic carbocycles. The lowest BCUT2D eigenvalue weighted by atomic mass is 10.0. The fourth-order valence-electron chi connectivity index (χ4n) is 4.16. The zero-order valence-electron chi connectivity index (χ0n) is 15.0. The molecular weight excluding hydrogens is 345 g/mol. The number of benzene rings is 1. The lowest BCUT2D eigenvalue weighted by Gasteiger charge is -2.36. The van der Waals surface area contributed by atoms with E-state index < -0.39 is 0 Å². The molecule has 138 valence electrons. The van der Waals surface area contributed by atoms with E-state index in [1.807, 2.05) is 27.7 Å². The molecule has 1 aliphatic carbocycles. The molecule has 0 spiro atoms. The second kappa shape index (κ2) is 5.89. The average Bonchev–Trinajstić information content (AvgIpc) is 3.45. The third-order valence-electron chi connectivity index (χ3n) is 5.66. The number of carbonyl (C=O) groups excluding carboxylic acids is 1. The normalized spacial score (nSPS) is 19.6. The fourth-order valence-corrected chi connectivity index (χ4v) is 4.16. The summed E-state index contributed by atoms with van der Waals surface area (Å²) in [4.78, 5) is 19.8. The summed E-state index contributed by atoms with van der Waals surface area (Å²) in [6.07, 6.45) is 3.62. The number of aryl methyl sites for hydroxylation is 1. The van der Waals surface area contributed by atoms with Crippen molar-refractivity contribution in [3.05, 3.63) is 53.6 Å². The molecule has 5 rings (SSSR count). The maximum atomic E-state index is 14.3. The smallest absolute Gasteiger partial charge is 0.271 e. The number of aromatic nitrogens is 2. The first-order valence-corrected chi connectivity index (χ1v) is 9.27. The van der Waals surface area contributed by atoms with Crippen LogP contribution in [0.4, 0.5) is 4.39 Å². The first kappa shape index (κ1) is 16.4. The number of hydrogen-bond donors (Lipinski definition) is 1. The van der Waals surface area contributed by atoms with Crippen LogP contribution in [-0.2, 0) is 6.54 Å². The van der Waals surface area contributed by atoms with Gasteiger partial charge in [-0.2, -0.15) is 0 Å². The minimum atomic E-state index is -0.299. The highest BCUT2D eigenvalue weighted by Gasteiger charge is 2.43. The van der Waals surface area contributed by atoms with Crippen LogP contribution in [0, 0.1) is 12.7 Å². The average molecular weight is 365 g/mol. The van der Waals surface area contributed by atoms with E-state index in [0.29, 0.717) is 34.4 Å². The van der Waals surface area contributed by atoms with Crippen LogP contribution in [-0.4, -0.2) is 44.2 Å². The monoisotopic (exact) mass is 365 g/mol. The van der Waals surface area contributed by atoms with Crippen LogP contribution in [0.1, 0.15) is 28.9 Å². The van der Waals surface area contributed by atoms with Gasteiger partial charge in [0.05, 0.1) is 23.7 Å². The van der Waals surface area contributed by atoms with E-state index in [1.54, 1.807) is 19.2 Å². The van der Waals surface area contributed by atoms with Crippen molar-refractivity contribution in [2.45, 2.75) is 38.4 Å².